The standard InChI is InChI=1S/C11H14FN3O2S/c1-11(2,3)14-10-13-8-5-4-7(12)6-9(8)18(16,17)15-10/h4-6H,1-3H3,(H2,13,14,15). The van der Waals surface area contributed by atoms with Crippen molar-refractivity contribution in [2.24, 2.45) is 4.40 Å². The van der Waals surface area contributed by atoms with E-state index in [1.165, 1.54) is 12.1 Å². The van der Waals surface area contributed by atoms with Crippen molar-refractivity contribution >= 4 is 21.7 Å². The zero-order chi connectivity index (χ0) is 13.6. The second kappa shape index (κ2) is 3.94. The zero-order valence-electron chi connectivity index (χ0n) is 10.3. The summed E-state index contributed by atoms with van der Waals surface area (Å²) in [7, 11) is -3.86. The summed E-state index contributed by atoms with van der Waals surface area (Å²) in [5, 5.41) is 5.76. The molecule has 0 bridgehead atoms. The molecule has 1 aromatic carbocycles. The molecule has 2 N–H and O–H groups in total. The monoisotopic (exact) mass is 271 g/mol. The second-order valence-electron chi connectivity index (χ2n) is 5.06. The first-order valence-corrected chi connectivity index (χ1v) is 6.81. The molecule has 1 aromatic rings. The topological polar surface area (TPSA) is 70.6 Å². The number of nitrogens with zero attached hydrogens (tertiary/aromatic N) is 1. The predicted octanol–water partition coefficient (Wildman–Crippen LogP) is 1.68. The number of halogens is 1. The van der Waals surface area contributed by atoms with Gasteiger partial charge in [0.05, 0.1) is 5.69 Å². The van der Waals surface area contributed by atoms with Crippen LogP contribution in [0.1, 0.15) is 20.8 Å². The number of anilines is 1. The van der Waals surface area contributed by atoms with Crippen LogP contribution in [0.5, 0.6) is 0 Å². The van der Waals surface area contributed by atoms with E-state index in [1.807, 2.05) is 20.8 Å². The quantitative estimate of drug-likeness (QED) is 0.753. The molecule has 0 atom stereocenters. The minimum Gasteiger partial charge on any atom is -0.351 e. The van der Waals surface area contributed by atoms with Crippen molar-refractivity contribution in [3.05, 3.63) is 24.0 Å². The van der Waals surface area contributed by atoms with Gasteiger partial charge >= 0.3 is 0 Å². The molecule has 7 heteroatoms. The molecular weight excluding hydrogens is 257 g/mol. The summed E-state index contributed by atoms with van der Waals surface area (Å²) < 4.78 is 40.4. The maximum absolute atomic E-state index is 13.0. The molecule has 0 fully saturated rings. The predicted molar refractivity (Wildman–Crippen MR) is 67.5 cm³/mol. The molecule has 2 rings (SSSR count). The average Bonchev–Trinajstić information content (AvgIpc) is 2.16. The van der Waals surface area contributed by atoms with Crippen molar-refractivity contribution < 1.29 is 12.8 Å². The van der Waals surface area contributed by atoms with Crippen LogP contribution < -0.4 is 10.6 Å². The van der Waals surface area contributed by atoms with Gasteiger partial charge in [-0.3, -0.25) is 0 Å². The van der Waals surface area contributed by atoms with E-state index in [2.05, 4.69) is 15.0 Å². The van der Waals surface area contributed by atoms with Crippen molar-refractivity contribution in [3.8, 4) is 0 Å². The van der Waals surface area contributed by atoms with Crippen LogP contribution >= 0.6 is 0 Å². The molecule has 98 valence electrons. The Morgan fingerprint density at radius 2 is 2.00 bits per heavy atom. The average molecular weight is 271 g/mol. The third-order valence-electron chi connectivity index (χ3n) is 2.18. The lowest BCUT2D eigenvalue weighted by Gasteiger charge is -2.26. The van der Waals surface area contributed by atoms with Crippen LogP contribution in [-0.4, -0.2) is 19.9 Å². The summed E-state index contributed by atoms with van der Waals surface area (Å²) in [6, 6.07) is 3.53. The molecule has 1 heterocycles. The highest BCUT2D eigenvalue weighted by molar-refractivity contribution is 7.90. The van der Waals surface area contributed by atoms with Gasteiger partial charge in [-0.1, -0.05) is 0 Å². The van der Waals surface area contributed by atoms with Crippen LogP contribution in [0.4, 0.5) is 10.1 Å². The van der Waals surface area contributed by atoms with Crippen LogP contribution in [0.2, 0.25) is 0 Å². The molecule has 0 unspecified atom stereocenters. The fraction of sp³-hybridized carbons (Fsp3) is 0.364. The Hall–Kier alpha value is -1.63. The summed E-state index contributed by atoms with van der Waals surface area (Å²) in [5.41, 5.74) is -0.0167. The van der Waals surface area contributed by atoms with Crippen LogP contribution in [0, 0.1) is 5.82 Å². The maximum atomic E-state index is 13.0. The van der Waals surface area contributed by atoms with Gasteiger partial charge in [-0.2, -0.15) is 8.42 Å². The van der Waals surface area contributed by atoms with Crippen LogP contribution in [0.25, 0.3) is 0 Å². The van der Waals surface area contributed by atoms with E-state index >= 15 is 0 Å². The van der Waals surface area contributed by atoms with Crippen molar-refractivity contribution in [3.63, 3.8) is 0 Å². The van der Waals surface area contributed by atoms with Gasteiger partial charge in [-0.25, -0.2) is 4.39 Å². The summed E-state index contributed by atoms with van der Waals surface area (Å²) in [6.45, 7) is 5.64. The third-order valence-corrected chi connectivity index (χ3v) is 3.50. The highest BCUT2D eigenvalue weighted by atomic mass is 32.2. The number of guanidine groups is 1. The minimum atomic E-state index is -3.86. The molecule has 0 aromatic heterocycles. The Morgan fingerprint density at radius 1 is 1.33 bits per heavy atom. The number of rotatable bonds is 0. The molecule has 0 amide bonds. The van der Waals surface area contributed by atoms with E-state index in [4.69, 9.17) is 0 Å². The Morgan fingerprint density at radius 3 is 2.61 bits per heavy atom. The number of hydrogen-bond donors (Lipinski definition) is 2. The van der Waals surface area contributed by atoms with E-state index in [0.29, 0.717) is 5.69 Å². The summed E-state index contributed by atoms with van der Waals surface area (Å²) in [5.74, 6) is -0.469. The largest absolute Gasteiger partial charge is 0.351 e. The van der Waals surface area contributed by atoms with Gasteiger partial charge in [-0.15, -0.1) is 4.40 Å². The highest BCUT2D eigenvalue weighted by Gasteiger charge is 2.27. The van der Waals surface area contributed by atoms with E-state index in [9.17, 15) is 12.8 Å². The third kappa shape index (κ3) is 2.61. The summed E-state index contributed by atoms with van der Waals surface area (Å²) in [6.07, 6.45) is 0. The number of hydrogen-bond acceptors (Lipinski definition) is 4. The lowest BCUT2D eigenvalue weighted by Crippen LogP contribution is -2.45. The number of benzene rings is 1. The van der Waals surface area contributed by atoms with Gasteiger partial charge in [0.25, 0.3) is 10.0 Å². The van der Waals surface area contributed by atoms with Crippen molar-refractivity contribution in [1.29, 1.82) is 0 Å². The fourth-order valence-corrected chi connectivity index (χ4v) is 2.63. The van der Waals surface area contributed by atoms with Crippen LogP contribution in [0.15, 0.2) is 27.5 Å². The van der Waals surface area contributed by atoms with Gasteiger partial charge in [0.1, 0.15) is 10.7 Å². The number of fused-ring (bicyclic) bond motifs is 1. The van der Waals surface area contributed by atoms with Crippen molar-refractivity contribution in [2.45, 2.75) is 31.2 Å². The molecule has 5 nitrogen and oxygen atoms in total. The summed E-state index contributed by atoms with van der Waals surface area (Å²) in [4.78, 5) is -0.151. The molecular formula is C11H14FN3O2S. The lowest BCUT2D eigenvalue weighted by molar-refractivity contribution is 0.510. The highest BCUT2D eigenvalue weighted by Crippen LogP contribution is 2.27. The number of sulfonamides is 1. The molecule has 0 radical (unpaired) electrons. The Bertz CT molecular complexity index is 618. The van der Waals surface area contributed by atoms with Gasteiger partial charge in [-0.05, 0) is 39.0 Å². The summed E-state index contributed by atoms with van der Waals surface area (Å²) >= 11 is 0. The molecule has 0 aliphatic carbocycles. The molecule has 0 saturated heterocycles. The van der Waals surface area contributed by atoms with Crippen LogP contribution in [-0.2, 0) is 10.0 Å². The van der Waals surface area contributed by atoms with E-state index in [-0.39, 0.29) is 16.4 Å². The Kier molecular flexibility index (Phi) is 2.81. The van der Waals surface area contributed by atoms with Crippen molar-refractivity contribution in [2.75, 3.05) is 5.32 Å². The first-order chi connectivity index (χ1) is 8.17. The molecule has 1 aliphatic heterocycles. The van der Waals surface area contributed by atoms with Gasteiger partial charge in [0, 0.05) is 5.54 Å². The second-order valence-corrected chi connectivity index (χ2v) is 6.63. The van der Waals surface area contributed by atoms with Gasteiger partial charge in [0.15, 0.2) is 0 Å². The smallest absolute Gasteiger partial charge is 0.287 e. The van der Waals surface area contributed by atoms with Crippen LogP contribution in [0.3, 0.4) is 0 Å². The Labute approximate surface area is 105 Å². The molecule has 0 saturated carbocycles. The maximum Gasteiger partial charge on any atom is 0.287 e. The lowest BCUT2D eigenvalue weighted by atomic mass is 10.1. The SMILES string of the molecule is CC(C)(C)NC1=NS(=O)(=O)c2cc(F)ccc2N1. The molecule has 18 heavy (non-hydrogen) atoms. The van der Waals surface area contributed by atoms with Gasteiger partial charge < -0.3 is 10.6 Å². The van der Waals surface area contributed by atoms with Gasteiger partial charge in [0.2, 0.25) is 5.96 Å². The molecule has 1 aliphatic rings. The van der Waals surface area contributed by atoms with E-state index < -0.39 is 15.8 Å². The zero-order valence-corrected chi connectivity index (χ0v) is 11.1. The van der Waals surface area contributed by atoms with E-state index in [0.717, 1.165) is 6.07 Å². The fourth-order valence-electron chi connectivity index (χ4n) is 1.54. The van der Waals surface area contributed by atoms with Crippen molar-refractivity contribution in [1.82, 2.24) is 5.32 Å². The number of nitrogens with one attached hydrogen (secondary N) is 2. The first kappa shape index (κ1) is 12.8. The Balaban J connectivity index is 2.45. The first-order valence-electron chi connectivity index (χ1n) is 5.37. The minimum absolute atomic E-state index is 0.140. The molecule has 0 spiro atoms. The van der Waals surface area contributed by atoms with E-state index in [1.54, 1.807) is 0 Å². The normalized spacial score (nSPS) is 17.4.